The predicted octanol–water partition coefficient (Wildman–Crippen LogP) is 3.65. The largest absolute Gasteiger partial charge is 0.323 e. The first kappa shape index (κ1) is 15.3. The van der Waals surface area contributed by atoms with E-state index in [-0.39, 0.29) is 5.91 Å². The highest BCUT2D eigenvalue weighted by Gasteiger charge is 2.08. The van der Waals surface area contributed by atoms with Crippen molar-refractivity contribution in [1.82, 2.24) is 9.78 Å². The number of halogens is 1. The molecule has 5 heteroatoms. The molecule has 0 aliphatic carbocycles. The van der Waals surface area contributed by atoms with Crippen LogP contribution in [-0.4, -0.2) is 15.7 Å². The fourth-order valence-corrected chi connectivity index (χ4v) is 2.24. The second-order valence-electron chi connectivity index (χ2n) is 5.04. The highest BCUT2D eigenvalue weighted by atomic mass is 35.5. The lowest BCUT2D eigenvalue weighted by atomic mass is 10.1. The van der Waals surface area contributed by atoms with Gasteiger partial charge in [-0.2, -0.15) is 5.10 Å². The fraction of sp³-hybridized carbons (Fsp3) is 0.250. The molecule has 0 saturated heterocycles. The summed E-state index contributed by atoms with van der Waals surface area (Å²) < 4.78 is 1.58. The normalized spacial score (nSPS) is 11.1. The summed E-state index contributed by atoms with van der Waals surface area (Å²) in [6, 6.07) is 5.82. The molecule has 0 fully saturated rings. The Kier molecular flexibility index (Phi) is 4.48. The third-order valence-corrected chi connectivity index (χ3v) is 3.82. The lowest BCUT2D eigenvalue weighted by molar-refractivity contribution is -0.111. The molecule has 4 nitrogen and oxygen atoms in total. The smallest absolute Gasteiger partial charge is 0.248 e. The van der Waals surface area contributed by atoms with Crippen molar-refractivity contribution < 1.29 is 4.79 Å². The first-order chi connectivity index (χ1) is 9.88. The minimum atomic E-state index is -0.197. The molecule has 2 aromatic rings. The molecule has 0 spiro atoms. The van der Waals surface area contributed by atoms with Crippen molar-refractivity contribution in [1.29, 1.82) is 0 Å². The zero-order valence-electron chi connectivity index (χ0n) is 12.6. The molecule has 0 unspecified atom stereocenters. The van der Waals surface area contributed by atoms with Gasteiger partial charge in [0.15, 0.2) is 0 Å². The van der Waals surface area contributed by atoms with Crippen LogP contribution in [0.3, 0.4) is 0 Å². The predicted molar refractivity (Wildman–Crippen MR) is 86.5 cm³/mol. The Morgan fingerprint density at radius 3 is 2.57 bits per heavy atom. The molecule has 0 atom stereocenters. The van der Waals surface area contributed by atoms with Crippen LogP contribution in [0.4, 0.5) is 5.69 Å². The van der Waals surface area contributed by atoms with Gasteiger partial charge < -0.3 is 5.32 Å². The number of nitrogens with one attached hydrogen (secondary N) is 1. The monoisotopic (exact) mass is 303 g/mol. The van der Waals surface area contributed by atoms with Gasteiger partial charge in [0.25, 0.3) is 0 Å². The standard InChI is InChI=1S/C16H18ClN3O/c1-10-5-6-13(9-11(10)2)18-15(21)8-7-14-12(3)19-20(4)16(14)17/h5-9H,1-4H3,(H,18,21)/b8-7+. The highest BCUT2D eigenvalue weighted by Crippen LogP contribution is 2.20. The van der Waals surface area contributed by atoms with Crippen LogP contribution >= 0.6 is 11.6 Å². The molecule has 1 aromatic heterocycles. The quantitative estimate of drug-likeness (QED) is 0.880. The van der Waals surface area contributed by atoms with Gasteiger partial charge in [-0.1, -0.05) is 17.7 Å². The molecule has 0 aliphatic heterocycles. The second-order valence-corrected chi connectivity index (χ2v) is 5.39. The Morgan fingerprint density at radius 1 is 1.29 bits per heavy atom. The van der Waals surface area contributed by atoms with Gasteiger partial charge in [-0.3, -0.25) is 9.48 Å². The van der Waals surface area contributed by atoms with E-state index >= 15 is 0 Å². The van der Waals surface area contributed by atoms with Gasteiger partial charge in [0.2, 0.25) is 5.91 Å². The number of aryl methyl sites for hydroxylation is 4. The van der Waals surface area contributed by atoms with Gasteiger partial charge >= 0.3 is 0 Å². The third kappa shape index (κ3) is 3.52. The Bertz CT molecular complexity index is 717. The van der Waals surface area contributed by atoms with Crippen molar-refractivity contribution in [3.05, 3.63) is 51.8 Å². The number of anilines is 1. The molecular formula is C16H18ClN3O. The Labute approximate surface area is 129 Å². The van der Waals surface area contributed by atoms with Crippen molar-refractivity contribution >= 4 is 29.3 Å². The maximum absolute atomic E-state index is 11.9. The molecule has 0 bridgehead atoms. The average Bonchev–Trinajstić information content (AvgIpc) is 2.66. The zero-order chi connectivity index (χ0) is 15.6. The van der Waals surface area contributed by atoms with Crippen molar-refractivity contribution in [3.8, 4) is 0 Å². The summed E-state index contributed by atoms with van der Waals surface area (Å²) in [6.07, 6.45) is 3.14. The third-order valence-electron chi connectivity index (χ3n) is 3.37. The summed E-state index contributed by atoms with van der Waals surface area (Å²) in [7, 11) is 1.77. The molecule has 1 amide bonds. The number of hydrogen-bond donors (Lipinski definition) is 1. The minimum Gasteiger partial charge on any atom is -0.323 e. The average molecular weight is 304 g/mol. The van der Waals surface area contributed by atoms with Gasteiger partial charge in [0, 0.05) is 24.4 Å². The van der Waals surface area contributed by atoms with Gasteiger partial charge in [-0.25, -0.2) is 0 Å². The number of benzene rings is 1. The molecule has 2 rings (SSSR count). The van der Waals surface area contributed by atoms with E-state index in [0.717, 1.165) is 22.5 Å². The van der Waals surface area contributed by atoms with Crippen LogP contribution in [0.5, 0.6) is 0 Å². The maximum Gasteiger partial charge on any atom is 0.248 e. The second kappa shape index (κ2) is 6.14. The summed E-state index contributed by atoms with van der Waals surface area (Å²) in [5.74, 6) is -0.197. The van der Waals surface area contributed by atoms with Crippen LogP contribution in [0.15, 0.2) is 24.3 Å². The molecule has 0 saturated carbocycles. The van der Waals surface area contributed by atoms with E-state index in [0.29, 0.717) is 5.15 Å². The van der Waals surface area contributed by atoms with Crippen LogP contribution < -0.4 is 5.32 Å². The van der Waals surface area contributed by atoms with E-state index in [9.17, 15) is 4.79 Å². The summed E-state index contributed by atoms with van der Waals surface area (Å²) in [6.45, 7) is 5.90. The number of carbonyl (C=O) groups is 1. The lowest BCUT2D eigenvalue weighted by Gasteiger charge is -2.05. The van der Waals surface area contributed by atoms with Crippen LogP contribution in [0.25, 0.3) is 6.08 Å². The van der Waals surface area contributed by atoms with Crippen LogP contribution in [0.1, 0.15) is 22.4 Å². The van der Waals surface area contributed by atoms with Crippen molar-refractivity contribution in [2.75, 3.05) is 5.32 Å². The van der Waals surface area contributed by atoms with E-state index in [1.807, 2.05) is 39.0 Å². The van der Waals surface area contributed by atoms with Crippen molar-refractivity contribution in [2.24, 2.45) is 7.05 Å². The summed E-state index contributed by atoms with van der Waals surface area (Å²) in [5.41, 5.74) is 4.66. The highest BCUT2D eigenvalue weighted by molar-refractivity contribution is 6.31. The molecule has 0 radical (unpaired) electrons. The topological polar surface area (TPSA) is 46.9 Å². The van der Waals surface area contributed by atoms with Crippen molar-refractivity contribution in [3.63, 3.8) is 0 Å². The Hall–Kier alpha value is -2.07. The molecule has 21 heavy (non-hydrogen) atoms. The van der Waals surface area contributed by atoms with E-state index in [1.54, 1.807) is 17.8 Å². The zero-order valence-corrected chi connectivity index (χ0v) is 13.3. The molecule has 0 aliphatic rings. The van der Waals surface area contributed by atoms with Gasteiger partial charge in [0.1, 0.15) is 5.15 Å². The number of aromatic nitrogens is 2. The van der Waals surface area contributed by atoms with Gasteiger partial charge in [0.05, 0.1) is 5.69 Å². The summed E-state index contributed by atoms with van der Waals surface area (Å²) in [4.78, 5) is 11.9. The van der Waals surface area contributed by atoms with Gasteiger partial charge in [-0.15, -0.1) is 0 Å². The van der Waals surface area contributed by atoms with Crippen molar-refractivity contribution in [2.45, 2.75) is 20.8 Å². The summed E-state index contributed by atoms with van der Waals surface area (Å²) >= 11 is 6.11. The molecular weight excluding hydrogens is 286 g/mol. The molecule has 1 heterocycles. The van der Waals surface area contributed by atoms with E-state index < -0.39 is 0 Å². The molecule has 110 valence electrons. The van der Waals surface area contributed by atoms with Gasteiger partial charge in [-0.05, 0) is 50.1 Å². The van der Waals surface area contributed by atoms with Crippen LogP contribution in [0, 0.1) is 20.8 Å². The lowest BCUT2D eigenvalue weighted by Crippen LogP contribution is -2.07. The van der Waals surface area contributed by atoms with E-state index in [4.69, 9.17) is 11.6 Å². The Morgan fingerprint density at radius 2 is 2.00 bits per heavy atom. The first-order valence-electron chi connectivity index (χ1n) is 6.64. The number of carbonyl (C=O) groups excluding carboxylic acids is 1. The fourth-order valence-electron chi connectivity index (χ4n) is 2.00. The van der Waals surface area contributed by atoms with Crippen LogP contribution in [-0.2, 0) is 11.8 Å². The Balaban J connectivity index is 2.11. The maximum atomic E-state index is 11.9. The number of hydrogen-bond acceptors (Lipinski definition) is 2. The number of rotatable bonds is 3. The van der Waals surface area contributed by atoms with Crippen LogP contribution in [0.2, 0.25) is 5.15 Å². The number of amides is 1. The minimum absolute atomic E-state index is 0.197. The first-order valence-corrected chi connectivity index (χ1v) is 7.01. The summed E-state index contributed by atoms with van der Waals surface area (Å²) in [5, 5.41) is 7.54. The molecule has 1 N–H and O–H groups in total. The SMILES string of the molecule is Cc1ccc(NC(=O)/C=C/c2c(C)nn(C)c2Cl)cc1C. The van der Waals surface area contributed by atoms with E-state index in [1.165, 1.54) is 11.6 Å². The van der Waals surface area contributed by atoms with E-state index in [2.05, 4.69) is 10.4 Å². The molecule has 1 aromatic carbocycles. The number of nitrogens with zero attached hydrogens (tertiary/aromatic N) is 2.